The minimum atomic E-state index is -3.46. The number of nitrogens with one attached hydrogen (secondary N) is 1. The van der Waals surface area contributed by atoms with Gasteiger partial charge in [0.05, 0.1) is 5.69 Å². The molecule has 0 saturated carbocycles. The molecule has 1 aromatic carbocycles. The summed E-state index contributed by atoms with van der Waals surface area (Å²) in [5.74, 6) is 0. The first-order valence-corrected chi connectivity index (χ1v) is 7.96. The van der Waals surface area contributed by atoms with Crippen molar-refractivity contribution in [1.29, 1.82) is 0 Å². The number of hydrogen-bond donors (Lipinski definition) is 1. The summed E-state index contributed by atoms with van der Waals surface area (Å²) < 4.78 is 27.7. The van der Waals surface area contributed by atoms with Crippen molar-refractivity contribution in [3.8, 4) is 0 Å². The molecule has 1 heterocycles. The lowest BCUT2D eigenvalue weighted by Crippen LogP contribution is -2.11. The van der Waals surface area contributed by atoms with E-state index >= 15 is 0 Å². The zero-order valence-corrected chi connectivity index (χ0v) is 12.2. The van der Waals surface area contributed by atoms with Crippen LogP contribution in [-0.4, -0.2) is 8.42 Å². The Hall–Kier alpha value is -0.850. The molecule has 0 aliphatic rings. The second-order valence-electron chi connectivity index (χ2n) is 3.55. The van der Waals surface area contributed by atoms with E-state index in [1.165, 1.54) is 11.3 Å². The molecule has 0 spiro atoms. The molecule has 1 N–H and O–H groups in total. The van der Waals surface area contributed by atoms with Gasteiger partial charge in [-0.2, -0.15) is 0 Å². The Morgan fingerprint density at radius 3 is 2.65 bits per heavy atom. The summed E-state index contributed by atoms with van der Waals surface area (Å²) in [5.41, 5.74) is 1.55. The van der Waals surface area contributed by atoms with Crippen LogP contribution in [0.5, 0.6) is 0 Å². The lowest BCUT2D eigenvalue weighted by atomic mass is 10.2. The van der Waals surface area contributed by atoms with Crippen molar-refractivity contribution in [3.05, 3.63) is 45.7 Å². The Labute approximate surface area is 113 Å². The van der Waals surface area contributed by atoms with Gasteiger partial charge >= 0.3 is 0 Å². The van der Waals surface area contributed by atoms with Gasteiger partial charge in [0, 0.05) is 4.47 Å². The van der Waals surface area contributed by atoms with E-state index in [0.29, 0.717) is 9.90 Å². The third kappa shape index (κ3) is 3.08. The third-order valence-electron chi connectivity index (χ3n) is 2.05. The van der Waals surface area contributed by atoms with Gasteiger partial charge in [0.2, 0.25) is 0 Å². The number of benzene rings is 1. The van der Waals surface area contributed by atoms with Gasteiger partial charge < -0.3 is 0 Å². The van der Waals surface area contributed by atoms with Crippen LogP contribution in [0, 0.1) is 6.92 Å². The predicted molar refractivity (Wildman–Crippen MR) is 74.0 cm³/mol. The molecule has 1 aromatic heterocycles. The molecule has 0 saturated heterocycles. The van der Waals surface area contributed by atoms with Crippen LogP contribution in [0.2, 0.25) is 0 Å². The molecule has 0 radical (unpaired) electrons. The summed E-state index contributed by atoms with van der Waals surface area (Å²) in [6, 6.07) is 8.74. The molecule has 3 nitrogen and oxygen atoms in total. The van der Waals surface area contributed by atoms with E-state index in [1.54, 1.807) is 29.6 Å². The first-order valence-electron chi connectivity index (χ1n) is 4.81. The fraction of sp³-hybridized carbons (Fsp3) is 0.0909. The maximum absolute atomic E-state index is 12.0. The maximum Gasteiger partial charge on any atom is 0.271 e. The van der Waals surface area contributed by atoms with Gasteiger partial charge in [-0.25, -0.2) is 8.42 Å². The van der Waals surface area contributed by atoms with E-state index in [9.17, 15) is 8.42 Å². The lowest BCUT2D eigenvalue weighted by molar-refractivity contribution is 0.603. The standard InChI is InChI=1S/C11H10BrNO2S2/c1-8-5-9(12)7-10(6-8)13-17(14,15)11-3-2-4-16-11/h2-7,13H,1H3. The van der Waals surface area contributed by atoms with Crippen LogP contribution in [0.4, 0.5) is 5.69 Å². The summed E-state index contributed by atoms with van der Waals surface area (Å²) in [7, 11) is -3.46. The van der Waals surface area contributed by atoms with Crippen LogP contribution in [-0.2, 0) is 10.0 Å². The number of aryl methyl sites for hydroxylation is 1. The van der Waals surface area contributed by atoms with Gasteiger partial charge in [0.25, 0.3) is 10.0 Å². The molecule has 0 aliphatic heterocycles. The van der Waals surface area contributed by atoms with Crippen molar-refractivity contribution < 1.29 is 8.42 Å². The number of anilines is 1. The van der Waals surface area contributed by atoms with E-state index in [-0.39, 0.29) is 0 Å². The van der Waals surface area contributed by atoms with Gasteiger partial charge in [-0.15, -0.1) is 11.3 Å². The van der Waals surface area contributed by atoms with Crippen molar-refractivity contribution >= 4 is 43.0 Å². The summed E-state index contributed by atoms with van der Waals surface area (Å²) >= 11 is 4.53. The monoisotopic (exact) mass is 331 g/mol. The van der Waals surface area contributed by atoms with Crippen LogP contribution < -0.4 is 4.72 Å². The highest BCUT2D eigenvalue weighted by Gasteiger charge is 2.15. The summed E-state index contributed by atoms with van der Waals surface area (Å²) in [5, 5.41) is 1.74. The zero-order chi connectivity index (χ0) is 12.5. The number of thiophene rings is 1. The summed E-state index contributed by atoms with van der Waals surface area (Å²) in [6.45, 7) is 1.91. The number of hydrogen-bond acceptors (Lipinski definition) is 3. The molecule has 0 aliphatic carbocycles. The topological polar surface area (TPSA) is 46.2 Å². The molecular weight excluding hydrogens is 322 g/mol. The zero-order valence-electron chi connectivity index (χ0n) is 8.98. The molecule has 17 heavy (non-hydrogen) atoms. The summed E-state index contributed by atoms with van der Waals surface area (Å²) in [4.78, 5) is 0. The molecule has 90 valence electrons. The Morgan fingerprint density at radius 2 is 2.06 bits per heavy atom. The van der Waals surface area contributed by atoms with Gasteiger partial charge in [-0.1, -0.05) is 22.0 Å². The van der Waals surface area contributed by atoms with E-state index in [1.807, 2.05) is 13.0 Å². The first kappa shape index (κ1) is 12.6. The van der Waals surface area contributed by atoms with Crippen LogP contribution in [0.15, 0.2) is 44.4 Å². The highest BCUT2D eigenvalue weighted by molar-refractivity contribution is 9.10. The van der Waals surface area contributed by atoms with E-state index in [0.717, 1.165) is 10.0 Å². The number of sulfonamides is 1. The number of halogens is 1. The lowest BCUT2D eigenvalue weighted by Gasteiger charge is -2.07. The van der Waals surface area contributed by atoms with Crippen molar-refractivity contribution in [1.82, 2.24) is 0 Å². The normalized spacial score (nSPS) is 11.4. The van der Waals surface area contributed by atoms with Gasteiger partial charge in [-0.05, 0) is 42.1 Å². The van der Waals surface area contributed by atoms with Crippen molar-refractivity contribution in [2.75, 3.05) is 4.72 Å². The van der Waals surface area contributed by atoms with Gasteiger partial charge in [0.1, 0.15) is 4.21 Å². The Balaban J connectivity index is 2.33. The molecule has 0 atom stereocenters. The highest BCUT2D eigenvalue weighted by Crippen LogP contribution is 2.23. The van der Waals surface area contributed by atoms with Crippen LogP contribution in [0.3, 0.4) is 0 Å². The second-order valence-corrected chi connectivity index (χ2v) is 7.33. The quantitative estimate of drug-likeness (QED) is 0.933. The van der Waals surface area contributed by atoms with Gasteiger partial charge in [-0.3, -0.25) is 4.72 Å². The largest absolute Gasteiger partial charge is 0.279 e. The minimum Gasteiger partial charge on any atom is -0.279 e. The van der Waals surface area contributed by atoms with Crippen LogP contribution in [0.1, 0.15) is 5.56 Å². The third-order valence-corrected chi connectivity index (χ3v) is 5.29. The second kappa shape index (κ2) is 4.80. The SMILES string of the molecule is Cc1cc(Br)cc(NS(=O)(=O)c2cccs2)c1. The molecule has 0 unspecified atom stereocenters. The highest BCUT2D eigenvalue weighted by atomic mass is 79.9. The van der Waals surface area contributed by atoms with E-state index < -0.39 is 10.0 Å². The Kier molecular flexibility index (Phi) is 3.56. The Morgan fingerprint density at radius 1 is 1.29 bits per heavy atom. The predicted octanol–water partition coefficient (Wildman–Crippen LogP) is 3.62. The van der Waals surface area contributed by atoms with Crippen molar-refractivity contribution in [2.24, 2.45) is 0 Å². The fourth-order valence-electron chi connectivity index (χ4n) is 1.42. The molecule has 0 fully saturated rings. The molecule has 0 amide bonds. The molecule has 6 heteroatoms. The van der Waals surface area contributed by atoms with Crippen molar-refractivity contribution in [3.63, 3.8) is 0 Å². The summed E-state index contributed by atoms with van der Waals surface area (Å²) in [6.07, 6.45) is 0. The van der Waals surface area contributed by atoms with E-state index in [2.05, 4.69) is 20.7 Å². The average Bonchev–Trinajstić information content (AvgIpc) is 2.67. The average molecular weight is 332 g/mol. The maximum atomic E-state index is 12.0. The molecule has 0 bridgehead atoms. The van der Waals surface area contributed by atoms with Gasteiger partial charge in [0.15, 0.2) is 0 Å². The van der Waals surface area contributed by atoms with Crippen LogP contribution in [0.25, 0.3) is 0 Å². The molecule has 2 aromatic rings. The Bertz CT molecular complexity index is 601. The van der Waals surface area contributed by atoms with Crippen LogP contribution >= 0.6 is 27.3 Å². The minimum absolute atomic E-state index is 0.315. The van der Waals surface area contributed by atoms with Crippen molar-refractivity contribution in [2.45, 2.75) is 11.1 Å². The first-order chi connectivity index (χ1) is 7.97. The number of rotatable bonds is 3. The fourth-order valence-corrected chi connectivity index (χ4v) is 4.06. The van der Waals surface area contributed by atoms with E-state index in [4.69, 9.17) is 0 Å². The molecule has 2 rings (SSSR count). The molecular formula is C11H10BrNO2S2. The smallest absolute Gasteiger partial charge is 0.271 e.